The van der Waals surface area contributed by atoms with Gasteiger partial charge in [-0.1, -0.05) is 6.07 Å². The van der Waals surface area contributed by atoms with E-state index in [-0.39, 0.29) is 11.5 Å². The Bertz CT molecular complexity index is 511. The third-order valence-corrected chi connectivity index (χ3v) is 2.22. The molecule has 7 heteroatoms. The fourth-order valence-electron chi connectivity index (χ4n) is 1.22. The van der Waals surface area contributed by atoms with Gasteiger partial charge in [0, 0.05) is 6.08 Å². The lowest BCUT2D eigenvalue weighted by atomic mass is 10.2. The van der Waals surface area contributed by atoms with E-state index in [4.69, 9.17) is 15.3 Å². The second-order valence-corrected chi connectivity index (χ2v) is 3.66. The van der Waals surface area contributed by atoms with E-state index >= 15 is 0 Å². The first kappa shape index (κ1) is 14.5. The monoisotopic (exact) mass is 267 g/mol. The van der Waals surface area contributed by atoms with Crippen LogP contribution in [0.15, 0.2) is 24.3 Å². The van der Waals surface area contributed by atoms with Crippen LogP contribution < -0.4 is 5.32 Å². The fourth-order valence-corrected chi connectivity index (χ4v) is 1.22. The number of carbonyl (C=O) groups excluding carboxylic acids is 1. The quantitative estimate of drug-likeness (QED) is 0.367. The summed E-state index contributed by atoms with van der Waals surface area (Å²) in [5.74, 6) is -2.66. The number of aliphatic hydroxyl groups excluding tert-OH is 1. The normalized spacial score (nSPS) is 12.3. The van der Waals surface area contributed by atoms with E-state index in [1.165, 1.54) is 24.3 Å². The van der Waals surface area contributed by atoms with Crippen LogP contribution in [0.3, 0.4) is 0 Å². The molecular weight excluding hydrogens is 254 g/mol. The number of carboxylic acid groups (broad SMARTS) is 1. The molecular formula is C12H13NO6. The maximum Gasteiger partial charge on any atom is 0.328 e. The predicted octanol–water partition coefficient (Wildman–Crippen LogP) is -0.327. The highest BCUT2D eigenvalue weighted by atomic mass is 16.4. The lowest BCUT2D eigenvalue weighted by Crippen LogP contribution is -2.42. The molecule has 0 saturated carbocycles. The second kappa shape index (κ2) is 6.41. The minimum atomic E-state index is -1.37. The van der Waals surface area contributed by atoms with Crippen molar-refractivity contribution in [3.63, 3.8) is 0 Å². The minimum Gasteiger partial charge on any atom is -0.504 e. The average Bonchev–Trinajstić information content (AvgIpc) is 2.37. The maximum atomic E-state index is 11.4. The number of aliphatic carboxylic acids is 1. The molecule has 1 rings (SSSR count). The van der Waals surface area contributed by atoms with Gasteiger partial charge in [-0.3, -0.25) is 4.79 Å². The number of benzene rings is 1. The van der Waals surface area contributed by atoms with Crippen molar-refractivity contribution in [3.05, 3.63) is 29.8 Å². The van der Waals surface area contributed by atoms with Crippen molar-refractivity contribution >= 4 is 18.0 Å². The van der Waals surface area contributed by atoms with Gasteiger partial charge in [0.25, 0.3) is 0 Å². The van der Waals surface area contributed by atoms with E-state index < -0.39 is 24.5 Å². The first-order valence-electron chi connectivity index (χ1n) is 5.28. The molecule has 5 N–H and O–H groups in total. The Labute approximate surface area is 108 Å². The van der Waals surface area contributed by atoms with E-state index in [0.29, 0.717) is 5.56 Å². The smallest absolute Gasteiger partial charge is 0.328 e. The van der Waals surface area contributed by atoms with E-state index in [0.717, 1.165) is 6.08 Å². The molecule has 1 amide bonds. The van der Waals surface area contributed by atoms with Gasteiger partial charge in [0.2, 0.25) is 5.91 Å². The van der Waals surface area contributed by atoms with Crippen molar-refractivity contribution in [2.75, 3.05) is 6.61 Å². The molecule has 0 spiro atoms. The number of phenols is 2. The van der Waals surface area contributed by atoms with Crippen molar-refractivity contribution in [1.29, 1.82) is 0 Å². The minimum absolute atomic E-state index is 0.284. The van der Waals surface area contributed by atoms with E-state index in [1.807, 2.05) is 0 Å². The van der Waals surface area contributed by atoms with Gasteiger partial charge in [0.15, 0.2) is 17.5 Å². The topological polar surface area (TPSA) is 127 Å². The molecule has 19 heavy (non-hydrogen) atoms. The Morgan fingerprint density at radius 1 is 1.26 bits per heavy atom. The number of nitrogens with one attached hydrogen (secondary N) is 1. The molecule has 1 aromatic carbocycles. The number of amides is 1. The highest BCUT2D eigenvalue weighted by molar-refractivity contribution is 5.94. The van der Waals surface area contributed by atoms with E-state index in [2.05, 4.69) is 5.32 Å². The van der Waals surface area contributed by atoms with Crippen LogP contribution >= 0.6 is 0 Å². The summed E-state index contributed by atoms with van der Waals surface area (Å²) in [6.45, 7) is -0.713. The molecule has 0 aromatic heterocycles. The molecule has 0 radical (unpaired) electrons. The lowest BCUT2D eigenvalue weighted by Gasteiger charge is -2.09. The molecule has 1 aromatic rings. The molecule has 0 unspecified atom stereocenters. The Morgan fingerprint density at radius 2 is 1.95 bits per heavy atom. The number of aromatic hydroxyl groups is 2. The Morgan fingerprint density at radius 3 is 2.47 bits per heavy atom. The number of hydrogen-bond acceptors (Lipinski definition) is 5. The third-order valence-electron chi connectivity index (χ3n) is 2.22. The van der Waals surface area contributed by atoms with E-state index in [9.17, 15) is 14.7 Å². The zero-order chi connectivity index (χ0) is 14.4. The fraction of sp³-hybridized carbons (Fsp3) is 0.167. The standard InChI is InChI=1S/C12H13NO6/c14-6-8(12(18)19)13-11(17)4-2-7-1-3-9(15)10(16)5-7/h1-5,8,14-16H,6H2,(H,13,17)(H,18,19)/b4-2+/t8-/m0/s1. The highest BCUT2D eigenvalue weighted by Crippen LogP contribution is 2.25. The lowest BCUT2D eigenvalue weighted by molar-refractivity contribution is -0.142. The molecule has 0 heterocycles. The number of hydrogen-bond donors (Lipinski definition) is 5. The van der Waals surface area contributed by atoms with Crippen LogP contribution in [0.25, 0.3) is 6.08 Å². The van der Waals surface area contributed by atoms with Crippen LogP contribution in [0.4, 0.5) is 0 Å². The number of rotatable bonds is 5. The van der Waals surface area contributed by atoms with Crippen molar-refractivity contribution < 1.29 is 30.0 Å². The third kappa shape index (κ3) is 4.32. The van der Waals surface area contributed by atoms with Gasteiger partial charge in [-0.2, -0.15) is 0 Å². The first-order chi connectivity index (χ1) is 8.93. The molecule has 7 nitrogen and oxygen atoms in total. The van der Waals surface area contributed by atoms with Gasteiger partial charge in [0.1, 0.15) is 0 Å². The Balaban J connectivity index is 2.68. The summed E-state index contributed by atoms with van der Waals surface area (Å²) in [4.78, 5) is 21.9. The SMILES string of the molecule is O=C(/C=C/c1ccc(O)c(O)c1)N[C@@H](CO)C(=O)O. The molecule has 0 aliphatic carbocycles. The summed E-state index contributed by atoms with van der Waals surface area (Å²) in [6.07, 6.45) is 2.38. The van der Waals surface area contributed by atoms with Crippen molar-refractivity contribution in [2.24, 2.45) is 0 Å². The number of carbonyl (C=O) groups is 2. The predicted molar refractivity (Wildman–Crippen MR) is 65.5 cm³/mol. The van der Waals surface area contributed by atoms with Gasteiger partial charge in [-0.25, -0.2) is 4.79 Å². The van der Waals surface area contributed by atoms with Crippen LogP contribution in [-0.4, -0.2) is 45.0 Å². The molecule has 102 valence electrons. The highest BCUT2D eigenvalue weighted by Gasteiger charge is 2.16. The Hall–Kier alpha value is -2.54. The number of carboxylic acids is 1. The van der Waals surface area contributed by atoms with Gasteiger partial charge in [-0.05, 0) is 23.8 Å². The molecule has 1 atom stereocenters. The molecule has 0 fully saturated rings. The van der Waals surface area contributed by atoms with Crippen LogP contribution in [-0.2, 0) is 9.59 Å². The van der Waals surface area contributed by atoms with Crippen molar-refractivity contribution in [1.82, 2.24) is 5.32 Å². The largest absolute Gasteiger partial charge is 0.504 e. The number of aliphatic hydroxyl groups is 1. The zero-order valence-corrected chi connectivity index (χ0v) is 9.78. The maximum absolute atomic E-state index is 11.4. The van der Waals surface area contributed by atoms with Gasteiger partial charge in [0.05, 0.1) is 6.61 Å². The van der Waals surface area contributed by atoms with Crippen molar-refractivity contribution in [2.45, 2.75) is 6.04 Å². The van der Waals surface area contributed by atoms with E-state index in [1.54, 1.807) is 0 Å². The summed E-state index contributed by atoms with van der Waals surface area (Å²) in [6, 6.07) is 2.57. The van der Waals surface area contributed by atoms with Crippen LogP contribution in [0.2, 0.25) is 0 Å². The van der Waals surface area contributed by atoms with Gasteiger partial charge in [-0.15, -0.1) is 0 Å². The Kier molecular flexibility index (Phi) is 4.90. The second-order valence-electron chi connectivity index (χ2n) is 3.66. The van der Waals surface area contributed by atoms with Gasteiger partial charge < -0.3 is 25.7 Å². The molecule has 0 bridgehead atoms. The molecule has 0 saturated heterocycles. The summed E-state index contributed by atoms with van der Waals surface area (Å²) >= 11 is 0. The average molecular weight is 267 g/mol. The summed E-state index contributed by atoms with van der Waals surface area (Å²) < 4.78 is 0. The van der Waals surface area contributed by atoms with Crippen LogP contribution in [0.1, 0.15) is 5.56 Å². The van der Waals surface area contributed by atoms with Crippen LogP contribution in [0.5, 0.6) is 11.5 Å². The zero-order valence-electron chi connectivity index (χ0n) is 9.78. The molecule has 0 aliphatic rings. The summed E-state index contributed by atoms with van der Waals surface area (Å²) in [5, 5.41) is 37.7. The van der Waals surface area contributed by atoms with Crippen molar-refractivity contribution in [3.8, 4) is 11.5 Å². The number of phenolic OH excluding ortho intramolecular Hbond substituents is 2. The van der Waals surface area contributed by atoms with Crippen LogP contribution in [0, 0.1) is 0 Å². The van der Waals surface area contributed by atoms with Gasteiger partial charge >= 0.3 is 5.97 Å². The first-order valence-corrected chi connectivity index (χ1v) is 5.28. The summed E-state index contributed by atoms with van der Waals surface area (Å²) in [5.41, 5.74) is 0.446. The summed E-state index contributed by atoms with van der Waals surface area (Å²) in [7, 11) is 0. The molecule has 0 aliphatic heterocycles.